The molecule has 0 aliphatic carbocycles. The maximum atomic E-state index is 12.8. The van der Waals surface area contributed by atoms with E-state index in [0.29, 0.717) is 5.56 Å². The van der Waals surface area contributed by atoms with Gasteiger partial charge >= 0.3 is 0 Å². The molecule has 2 aromatic carbocycles. The summed E-state index contributed by atoms with van der Waals surface area (Å²) in [7, 11) is 0. The van der Waals surface area contributed by atoms with Crippen molar-refractivity contribution in [1.82, 2.24) is 10.9 Å². The monoisotopic (exact) mass is 398 g/mol. The molecule has 2 amide bonds. The van der Waals surface area contributed by atoms with Gasteiger partial charge in [0, 0.05) is 9.13 Å². The number of hydrogen-bond donors (Lipinski definition) is 2. The van der Waals surface area contributed by atoms with Crippen LogP contribution in [0.25, 0.3) is 0 Å². The van der Waals surface area contributed by atoms with Crippen LogP contribution in [0.5, 0.6) is 0 Å². The first-order valence-electron chi connectivity index (χ1n) is 6.10. The van der Waals surface area contributed by atoms with Crippen molar-refractivity contribution in [2.45, 2.75) is 6.92 Å². The fraction of sp³-hybridized carbons (Fsp3) is 0.0667. The van der Waals surface area contributed by atoms with Crippen molar-refractivity contribution in [2.75, 3.05) is 0 Å². The van der Waals surface area contributed by atoms with Crippen LogP contribution in [0.1, 0.15) is 26.3 Å². The van der Waals surface area contributed by atoms with E-state index >= 15 is 0 Å². The first kappa shape index (κ1) is 15.4. The van der Waals surface area contributed by atoms with Crippen molar-refractivity contribution < 1.29 is 14.0 Å². The Morgan fingerprint density at radius 3 is 2.29 bits per heavy atom. The zero-order valence-corrected chi connectivity index (χ0v) is 13.3. The first-order valence-corrected chi connectivity index (χ1v) is 7.18. The Hall–Kier alpha value is -1.96. The number of hydrazine groups is 1. The highest BCUT2D eigenvalue weighted by molar-refractivity contribution is 14.1. The molecule has 0 atom stereocenters. The minimum Gasteiger partial charge on any atom is -0.267 e. The molecule has 0 radical (unpaired) electrons. The third-order valence-electron chi connectivity index (χ3n) is 2.83. The van der Waals surface area contributed by atoms with Crippen LogP contribution in [0.2, 0.25) is 0 Å². The molecule has 4 nitrogen and oxygen atoms in total. The summed E-state index contributed by atoms with van der Waals surface area (Å²) >= 11 is 2.08. The fourth-order valence-corrected chi connectivity index (χ4v) is 2.28. The lowest BCUT2D eigenvalue weighted by atomic mass is 10.1. The zero-order valence-electron chi connectivity index (χ0n) is 11.1. The molecule has 0 aliphatic rings. The molecule has 0 bridgehead atoms. The Morgan fingerprint density at radius 1 is 1.00 bits per heavy atom. The van der Waals surface area contributed by atoms with E-state index in [1.165, 1.54) is 24.3 Å². The molecule has 2 aromatic rings. The number of amides is 2. The normalized spacial score (nSPS) is 10.0. The van der Waals surface area contributed by atoms with Crippen molar-refractivity contribution in [1.29, 1.82) is 0 Å². The molecule has 0 aromatic heterocycles. The number of aryl methyl sites for hydroxylation is 1. The highest BCUT2D eigenvalue weighted by Crippen LogP contribution is 2.16. The molecule has 6 heteroatoms. The lowest BCUT2D eigenvalue weighted by molar-refractivity contribution is 0.0846. The van der Waals surface area contributed by atoms with Gasteiger partial charge in [-0.3, -0.25) is 20.4 Å². The topological polar surface area (TPSA) is 58.2 Å². The predicted octanol–water partition coefficient (Wildman–Crippen LogP) is 2.81. The third-order valence-corrected chi connectivity index (χ3v) is 4.26. The second-order valence-corrected chi connectivity index (χ2v) is 5.43. The Labute approximate surface area is 134 Å². The van der Waals surface area contributed by atoms with Crippen molar-refractivity contribution in [3.63, 3.8) is 0 Å². The Bertz CT molecular complexity index is 687. The summed E-state index contributed by atoms with van der Waals surface area (Å²) in [5, 5.41) is 0. The van der Waals surface area contributed by atoms with Crippen LogP contribution in [0.15, 0.2) is 42.5 Å². The molecule has 0 unspecified atom stereocenters. The summed E-state index contributed by atoms with van der Waals surface area (Å²) in [6.45, 7) is 1.90. The first-order chi connectivity index (χ1) is 9.99. The van der Waals surface area contributed by atoms with E-state index in [1.54, 1.807) is 12.1 Å². The van der Waals surface area contributed by atoms with Gasteiger partial charge in [-0.1, -0.05) is 12.1 Å². The lowest BCUT2D eigenvalue weighted by Gasteiger charge is -2.09. The van der Waals surface area contributed by atoms with Gasteiger partial charge in [-0.05, 0) is 65.4 Å². The lowest BCUT2D eigenvalue weighted by Crippen LogP contribution is -2.41. The van der Waals surface area contributed by atoms with E-state index in [-0.39, 0.29) is 5.56 Å². The SMILES string of the molecule is Cc1cccc(C(=O)NNC(=O)c2ccc(F)cc2)c1I. The summed E-state index contributed by atoms with van der Waals surface area (Å²) in [4.78, 5) is 23.8. The molecule has 0 heterocycles. The summed E-state index contributed by atoms with van der Waals surface area (Å²) in [5.41, 5.74) is 6.36. The molecule has 2 N–H and O–H groups in total. The number of carbonyl (C=O) groups excluding carboxylic acids is 2. The summed E-state index contributed by atoms with van der Waals surface area (Å²) in [6, 6.07) is 10.4. The number of hydrogen-bond acceptors (Lipinski definition) is 2. The number of carbonyl (C=O) groups is 2. The summed E-state index contributed by atoms with van der Waals surface area (Å²) in [5.74, 6) is -1.34. The zero-order chi connectivity index (χ0) is 15.4. The fourth-order valence-electron chi connectivity index (χ4n) is 1.68. The van der Waals surface area contributed by atoms with E-state index in [2.05, 4.69) is 33.4 Å². The van der Waals surface area contributed by atoms with E-state index in [0.717, 1.165) is 9.13 Å². The molecule has 0 fully saturated rings. The molecule has 0 saturated heterocycles. The Kier molecular flexibility index (Phi) is 4.89. The van der Waals surface area contributed by atoms with Crippen molar-refractivity contribution >= 4 is 34.4 Å². The summed E-state index contributed by atoms with van der Waals surface area (Å²) < 4.78 is 13.6. The molecule has 21 heavy (non-hydrogen) atoms. The van der Waals surface area contributed by atoms with Crippen LogP contribution >= 0.6 is 22.6 Å². The highest BCUT2D eigenvalue weighted by Gasteiger charge is 2.12. The molecule has 0 aliphatic heterocycles. The summed E-state index contributed by atoms with van der Waals surface area (Å²) in [6.07, 6.45) is 0. The number of nitrogens with one attached hydrogen (secondary N) is 2. The van der Waals surface area contributed by atoms with E-state index in [1.807, 2.05) is 13.0 Å². The molecule has 0 spiro atoms. The van der Waals surface area contributed by atoms with Crippen LogP contribution in [0.3, 0.4) is 0 Å². The predicted molar refractivity (Wildman–Crippen MR) is 85.2 cm³/mol. The van der Waals surface area contributed by atoms with Gasteiger partial charge in [0.25, 0.3) is 11.8 Å². The van der Waals surface area contributed by atoms with Crippen molar-refractivity contribution in [3.8, 4) is 0 Å². The van der Waals surface area contributed by atoms with Crippen molar-refractivity contribution in [3.05, 3.63) is 68.5 Å². The average Bonchev–Trinajstić information content (AvgIpc) is 2.48. The van der Waals surface area contributed by atoms with Crippen molar-refractivity contribution in [2.24, 2.45) is 0 Å². The standard InChI is InChI=1S/C15H12FIN2O2/c1-9-3-2-4-12(13(9)17)15(21)19-18-14(20)10-5-7-11(16)8-6-10/h2-8H,1H3,(H,18,20)(H,19,21). The van der Waals surface area contributed by atoms with Gasteiger partial charge in [-0.15, -0.1) is 0 Å². The minimum atomic E-state index is -0.508. The van der Waals surface area contributed by atoms with Gasteiger partial charge in [-0.2, -0.15) is 0 Å². The number of rotatable bonds is 2. The van der Waals surface area contributed by atoms with Crippen LogP contribution in [0.4, 0.5) is 4.39 Å². The Balaban J connectivity index is 2.02. The minimum absolute atomic E-state index is 0.260. The molecular weight excluding hydrogens is 386 g/mol. The van der Waals surface area contributed by atoms with Gasteiger partial charge in [0.05, 0.1) is 5.56 Å². The Morgan fingerprint density at radius 2 is 1.62 bits per heavy atom. The molecule has 2 rings (SSSR count). The van der Waals surface area contributed by atoms with Crippen LogP contribution in [-0.2, 0) is 0 Å². The molecule has 108 valence electrons. The third kappa shape index (κ3) is 3.78. The largest absolute Gasteiger partial charge is 0.270 e. The van der Waals surface area contributed by atoms with Gasteiger partial charge in [-0.25, -0.2) is 4.39 Å². The maximum Gasteiger partial charge on any atom is 0.270 e. The molecular formula is C15H12FIN2O2. The second-order valence-electron chi connectivity index (χ2n) is 4.35. The average molecular weight is 398 g/mol. The highest BCUT2D eigenvalue weighted by atomic mass is 127. The quantitative estimate of drug-likeness (QED) is 0.604. The van der Waals surface area contributed by atoms with Crippen LogP contribution in [-0.4, -0.2) is 11.8 Å². The maximum absolute atomic E-state index is 12.8. The van der Waals surface area contributed by atoms with Gasteiger partial charge in [0.2, 0.25) is 0 Å². The van der Waals surface area contributed by atoms with E-state index in [4.69, 9.17) is 0 Å². The smallest absolute Gasteiger partial charge is 0.267 e. The second kappa shape index (κ2) is 6.66. The van der Waals surface area contributed by atoms with Crippen LogP contribution < -0.4 is 10.9 Å². The number of halogens is 2. The van der Waals surface area contributed by atoms with E-state index in [9.17, 15) is 14.0 Å². The van der Waals surface area contributed by atoms with Gasteiger partial charge in [0.15, 0.2) is 0 Å². The number of benzene rings is 2. The molecule has 0 saturated carbocycles. The van der Waals surface area contributed by atoms with Gasteiger partial charge < -0.3 is 0 Å². The van der Waals surface area contributed by atoms with Crippen LogP contribution in [0, 0.1) is 16.3 Å². The van der Waals surface area contributed by atoms with E-state index < -0.39 is 17.6 Å². The van der Waals surface area contributed by atoms with Gasteiger partial charge in [0.1, 0.15) is 5.82 Å².